The van der Waals surface area contributed by atoms with Crippen molar-refractivity contribution in [3.8, 4) is 0 Å². The Bertz CT molecular complexity index is 455. The summed E-state index contributed by atoms with van der Waals surface area (Å²) in [6, 6.07) is 4.26. The lowest BCUT2D eigenvalue weighted by Gasteiger charge is -2.25. The highest BCUT2D eigenvalue weighted by molar-refractivity contribution is 5.99. The van der Waals surface area contributed by atoms with Crippen molar-refractivity contribution in [2.75, 3.05) is 12.3 Å². The molecule has 0 bridgehead atoms. The van der Waals surface area contributed by atoms with Gasteiger partial charge in [-0.05, 0) is 37.0 Å². The van der Waals surface area contributed by atoms with Crippen molar-refractivity contribution < 1.29 is 9.18 Å². The number of hydrogen-bond acceptors (Lipinski definition) is 2. The summed E-state index contributed by atoms with van der Waals surface area (Å²) in [6.45, 7) is 4.83. The average molecular weight is 250 g/mol. The number of benzene rings is 1. The zero-order chi connectivity index (χ0) is 13.3. The van der Waals surface area contributed by atoms with Crippen LogP contribution >= 0.6 is 0 Å². The summed E-state index contributed by atoms with van der Waals surface area (Å²) in [6.07, 6.45) is 2.07. The van der Waals surface area contributed by atoms with Crippen LogP contribution in [0, 0.1) is 11.7 Å². The second-order valence-corrected chi connectivity index (χ2v) is 5.31. The monoisotopic (exact) mass is 250 g/mol. The Kier molecular flexibility index (Phi) is 3.55. The molecule has 0 saturated heterocycles. The van der Waals surface area contributed by atoms with Crippen LogP contribution < -0.4 is 5.73 Å². The van der Waals surface area contributed by atoms with Gasteiger partial charge in [0.05, 0.1) is 5.56 Å². The predicted octanol–water partition coefficient (Wildman–Crippen LogP) is 2.67. The Balaban J connectivity index is 2.24. The molecule has 0 radical (unpaired) electrons. The van der Waals surface area contributed by atoms with Crippen LogP contribution in [0.3, 0.4) is 0 Å². The molecule has 98 valence electrons. The largest absolute Gasteiger partial charge is 0.398 e. The van der Waals surface area contributed by atoms with Crippen molar-refractivity contribution in [2.45, 2.75) is 32.7 Å². The zero-order valence-electron chi connectivity index (χ0n) is 10.8. The Labute approximate surface area is 107 Å². The van der Waals surface area contributed by atoms with E-state index >= 15 is 0 Å². The second-order valence-electron chi connectivity index (χ2n) is 5.31. The second kappa shape index (κ2) is 4.96. The molecule has 18 heavy (non-hydrogen) atoms. The number of amides is 1. The number of nitrogens with zero attached hydrogens (tertiary/aromatic N) is 1. The van der Waals surface area contributed by atoms with E-state index in [9.17, 15) is 9.18 Å². The van der Waals surface area contributed by atoms with Crippen molar-refractivity contribution >= 4 is 11.6 Å². The van der Waals surface area contributed by atoms with E-state index in [0.717, 1.165) is 12.8 Å². The summed E-state index contributed by atoms with van der Waals surface area (Å²) < 4.78 is 13.2. The third-order valence-corrected chi connectivity index (χ3v) is 3.06. The Morgan fingerprint density at radius 1 is 1.50 bits per heavy atom. The predicted molar refractivity (Wildman–Crippen MR) is 69.7 cm³/mol. The van der Waals surface area contributed by atoms with E-state index in [1.807, 2.05) is 4.90 Å². The number of carbonyl (C=O) groups excluding carboxylic acids is 1. The molecule has 0 heterocycles. The number of carbonyl (C=O) groups is 1. The first-order valence-corrected chi connectivity index (χ1v) is 6.35. The number of hydrogen-bond donors (Lipinski definition) is 1. The third kappa shape index (κ3) is 2.81. The van der Waals surface area contributed by atoms with E-state index in [-0.39, 0.29) is 11.5 Å². The molecule has 1 amide bonds. The van der Waals surface area contributed by atoms with Crippen molar-refractivity contribution in [1.82, 2.24) is 4.90 Å². The van der Waals surface area contributed by atoms with E-state index in [1.165, 1.54) is 18.2 Å². The molecular weight excluding hydrogens is 231 g/mol. The van der Waals surface area contributed by atoms with Gasteiger partial charge in [0, 0.05) is 18.3 Å². The highest BCUT2D eigenvalue weighted by Crippen LogP contribution is 2.30. The molecule has 3 nitrogen and oxygen atoms in total. The maximum absolute atomic E-state index is 13.2. The van der Waals surface area contributed by atoms with Gasteiger partial charge in [0.2, 0.25) is 0 Å². The Hall–Kier alpha value is -1.58. The summed E-state index contributed by atoms with van der Waals surface area (Å²) in [5.74, 6) is -0.180. The highest BCUT2D eigenvalue weighted by Gasteiger charge is 2.33. The van der Waals surface area contributed by atoms with Gasteiger partial charge in [0.15, 0.2) is 0 Å². The maximum atomic E-state index is 13.2. The maximum Gasteiger partial charge on any atom is 0.256 e. The fourth-order valence-electron chi connectivity index (χ4n) is 2.05. The van der Waals surface area contributed by atoms with Crippen molar-refractivity contribution in [1.29, 1.82) is 0 Å². The van der Waals surface area contributed by atoms with Crippen LogP contribution in [0.4, 0.5) is 10.1 Å². The first-order valence-electron chi connectivity index (χ1n) is 6.35. The first kappa shape index (κ1) is 12.9. The first-order chi connectivity index (χ1) is 8.49. The van der Waals surface area contributed by atoms with Gasteiger partial charge in [-0.2, -0.15) is 0 Å². The van der Waals surface area contributed by atoms with Crippen LogP contribution in [0.25, 0.3) is 0 Å². The lowest BCUT2D eigenvalue weighted by Crippen LogP contribution is -2.36. The number of rotatable bonds is 4. The van der Waals surface area contributed by atoms with Gasteiger partial charge in [-0.15, -0.1) is 0 Å². The summed E-state index contributed by atoms with van der Waals surface area (Å²) in [7, 11) is 0. The number of nitrogen functional groups attached to an aromatic ring is 1. The van der Waals surface area contributed by atoms with E-state index in [0.29, 0.717) is 24.2 Å². The average Bonchev–Trinajstić information content (AvgIpc) is 3.12. The quantitative estimate of drug-likeness (QED) is 0.835. The molecule has 1 aromatic carbocycles. The molecule has 0 spiro atoms. The fourth-order valence-corrected chi connectivity index (χ4v) is 2.05. The van der Waals surface area contributed by atoms with Crippen LogP contribution in [0.2, 0.25) is 0 Å². The lowest BCUT2D eigenvalue weighted by molar-refractivity contribution is 0.0723. The van der Waals surface area contributed by atoms with Gasteiger partial charge in [-0.3, -0.25) is 4.79 Å². The lowest BCUT2D eigenvalue weighted by atomic mass is 10.1. The number of nitrogens with two attached hydrogens (primary N) is 1. The molecule has 1 saturated carbocycles. The van der Waals surface area contributed by atoms with Gasteiger partial charge in [0.1, 0.15) is 5.82 Å². The molecule has 0 unspecified atom stereocenters. The van der Waals surface area contributed by atoms with E-state index in [1.54, 1.807) is 0 Å². The highest BCUT2D eigenvalue weighted by atomic mass is 19.1. The van der Waals surface area contributed by atoms with E-state index < -0.39 is 5.82 Å². The topological polar surface area (TPSA) is 46.3 Å². The molecule has 4 heteroatoms. The normalized spacial score (nSPS) is 14.9. The van der Waals surface area contributed by atoms with E-state index in [2.05, 4.69) is 13.8 Å². The molecule has 1 aromatic rings. The van der Waals surface area contributed by atoms with Gasteiger partial charge in [0.25, 0.3) is 5.91 Å². The van der Waals surface area contributed by atoms with E-state index in [4.69, 9.17) is 5.73 Å². The minimum Gasteiger partial charge on any atom is -0.398 e. The minimum atomic E-state index is -0.423. The molecule has 1 aliphatic rings. The SMILES string of the molecule is CC(C)CN(C(=O)c1cc(F)ccc1N)C1CC1. The molecule has 2 N–H and O–H groups in total. The van der Waals surface area contributed by atoms with Crippen molar-refractivity contribution in [2.24, 2.45) is 5.92 Å². The minimum absolute atomic E-state index is 0.150. The van der Waals surface area contributed by atoms with Gasteiger partial charge < -0.3 is 10.6 Å². The van der Waals surface area contributed by atoms with Crippen molar-refractivity contribution in [3.05, 3.63) is 29.6 Å². The Morgan fingerprint density at radius 3 is 2.72 bits per heavy atom. The van der Waals surface area contributed by atoms with Gasteiger partial charge >= 0.3 is 0 Å². The molecule has 1 aliphatic carbocycles. The summed E-state index contributed by atoms with van der Waals surface area (Å²) >= 11 is 0. The summed E-state index contributed by atoms with van der Waals surface area (Å²) in [4.78, 5) is 14.2. The van der Waals surface area contributed by atoms with Crippen molar-refractivity contribution in [3.63, 3.8) is 0 Å². The van der Waals surface area contributed by atoms with Crippen LogP contribution in [-0.2, 0) is 0 Å². The van der Waals surface area contributed by atoms with Crippen LogP contribution in [0.15, 0.2) is 18.2 Å². The van der Waals surface area contributed by atoms with Crippen LogP contribution in [0.1, 0.15) is 37.0 Å². The van der Waals surface area contributed by atoms with Gasteiger partial charge in [-0.25, -0.2) is 4.39 Å². The smallest absolute Gasteiger partial charge is 0.256 e. The molecule has 0 atom stereocenters. The van der Waals surface area contributed by atoms with Crippen LogP contribution in [-0.4, -0.2) is 23.4 Å². The molecule has 0 aliphatic heterocycles. The fraction of sp³-hybridized carbons (Fsp3) is 0.500. The summed E-state index contributed by atoms with van der Waals surface area (Å²) in [5, 5.41) is 0. The molecule has 1 fully saturated rings. The molecule has 2 rings (SSSR count). The zero-order valence-corrected chi connectivity index (χ0v) is 10.8. The number of anilines is 1. The Morgan fingerprint density at radius 2 is 2.17 bits per heavy atom. The molecule has 0 aromatic heterocycles. The van der Waals surface area contributed by atoms with Gasteiger partial charge in [-0.1, -0.05) is 13.8 Å². The summed E-state index contributed by atoms with van der Waals surface area (Å²) in [5.41, 5.74) is 6.39. The number of halogens is 1. The molecular formula is C14H19FN2O. The third-order valence-electron chi connectivity index (χ3n) is 3.06. The standard InChI is InChI=1S/C14H19FN2O/c1-9(2)8-17(11-4-5-11)14(18)12-7-10(15)3-6-13(12)16/h3,6-7,9,11H,4-5,8,16H2,1-2H3. The van der Waals surface area contributed by atoms with Crippen LogP contribution in [0.5, 0.6) is 0 Å².